The van der Waals surface area contributed by atoms with Crippen molar-refractivity contribution in [3.8, 4) is 0 Å². The first kappa shape index (κ1) is 24.4. The standard InChI is InChI=1S/C31H24N4O4S/c1-4-24-32-33-30(40-24)35-28(37)27-25(26(36)20-14-17(2)18(3)15-23(20)39-27)31(35)21-12-8-9-13-22(21)34(29(31)38)16-19-10-6-5-7-11-19/h5-15H,4,16H2,1-3H3. The van der Waals surface area contributed by atoms with E-state index in [9.17, 15) is 14.4 Å². The average Bonchev–Trinajstić information content (AvgIpc) is 3.60. The normalized spacial score (nSPS) is 17.8. The van der Waals surface area contributed by atoms with Crippen molar-refractivity contribution >= 4 is 44.9 Å². The molecule has 2 aromatic heterocycles. The van der Waals surface area contributed by atoms with E-state index >= 15 is 0 Å². The second-order valence-corrected chi connectivity index (χ2v) is 11.2. The minimum atomic E-state index is -1.78. The first-order chi connectivity index (χ1) is 19.4. The van der Waals surface area contributed by atoms with Crippen LogP contribution in [0, 0.1) is 13.8 Å². The number of aryl methyl sites for hydroxylation is 3. The Balaban J connectivity index is 1.57. The predicted octanol–water partition coefficient (Wildman–Crippen LogP) is 5.27. The van der Waals surface area contributed by atoms with Crippen molar-refractivity contribution in [1.29, 1.82) is 0 Å². The molecule has 9 heteroatoms. The molecular weight excluding hydrogens is 524 g/mol. The van der Waals surface area contributed by atoms with Gasteiger partial charge in [-0.2, -0.15) is 0 Å². The van der Waals surface area contributed by atoms with Gasteiger partial charge in [-0.05, 0) is 55.2 Å². The van der Waals surface area contributed by atoms with Gasteiger partial charge in [0.2, 0.25) is 10.9 Å². The van der Waals surface area contributed by atoms with Gasteiger partial charge in [0.25, 0.3) is 11.8 Å². The fourth-order valence-corrected chi connectivity index (χ4v) is 6.65. The molecule has 198 valence electrons. The van der Waals surface area contributed by atoms with Crippen LogP contribution in [0.1, 0.15) is 50.3 Å². The highest BCUT2D eigenvalue weighted by Gasteiger charge is 2.66. The van der Waals surface area contributed by atoms with Crippen LogP contribution in [0.5, 0.6) is 0 Å². The van der Waals surface area contributed by atoms with E-state index < -0.39 is 22.8 Å². The smallest absolute Gasteiger partial charge is 0.297 e. The van der Waals surface area contributed by atoms with Crippen LogP contribution >= 0.6 is 11.3 Å². The van der Waals surface area contributed by atoms with Crippen LogP contribution in [-0.2, 0) is 23.3 Å². The van der Waals surface area contributed by atoms with Crippen LogP contribution in [0.2, 0.25) is 0 Å². The molecule has 5 aromatic rings. The number of carbonyl (C=O) groups excluding carboxylic acids is 2. The molecule has 1 spiro atoms. The van der Waals surface area contributed by atoms with Crippen LogP contribution in [0.3, 0.4) is 0 Å². The molecule has 7 rings (SSSR count). The molecule has 8 nitrogen and oxygen atoms in total. The zero-order chi connectivity index (χ0) is 27.8. The number of rotatable bonds is 4. The quantitative estimate of drug-likeness (QED) is 0.303. The van der Waals surface area contributed by atoms with Gasteiger partial charge in [-0.3, -0.25) is 19.3 Å². The summed E-state index contributed by atoms with van der Waals surface area (Å²) in [4.78, 5) is 46.6. The minimum Gasteiger partial charge on any atom is -0.450 e. The molecule has 2 aliphatic rings. The summed E-state index contributed by atoms with van der Waals surface area (Å²) in [5.41, 5.74) is 2.07. The van der Waals surface area contributed by atoms with E-state index in [1.165, 1.54) is 16.2 Å². The Morgan fingerprint density at radius 3 is 2.40 bits per heavy atom. The molecular formula is C31H24N4O4S. The van der Waals surface area contributed by atoms with E-state index in [1.807, 2.05) is 69.3 Å². The van der Waals surface area contributed by atoms with E-state index in [4.69, 9.17) is 4.42 Å². The maximum Gasteiger partial charge on any atom is 0.297 e. The topological polar surface area (TPSA) is 96.6 Å². The Bertz CT molecular complexity index is 1930. The summed E-state index contributed by atoms with van der Waals surface area (Å²) in [6.45, 7) is 6.05. The molecule has 0 saturated carbocycles. The number of carbonyl (C=O) groups is 2. The molecule has 40 heavy (non-hydrogen) atoms. The lowest BCUT2D eigenvalue weighted by Crippen LogP contribution is -2.53. The summed E-state index contributed by atoms with van der Waals surface area (Å²) in [5.74, 6) is -1.14. The van der Waals surface area contributed by atoms with Gasteiger partial charge >= 0.3 is 0 Å². The fraction of sp³-hybridized carbons (Fsp3) is 0.194. The summed E-state index contributed by atoms with van der Waals surface area (Å²) in [7, 11) is 0. The average molecular weight is 549 g/mol. The Kier molecular flexibility index (Phi) is 5.30. The lowest BCUT2D eigenvalue weighted by molar-refractivity contribution is -0.121. The summed E-state index contributed by atoms with van der Waals surface area (Å²) in [6, 6.07) is 20.5. The highest BCUT2D eigenvalue weighted by molar-refractivity contribution is 7.15. The Hall–Kier alpha value is -4.63. The number of hydrogen-bond acceptors (Lipinski definition) is 7. The van der Waals surface area contributed by atoms with Crippen LogP contribution in [0.4, 0.5) is 10.8 Å². The van der Waals surface area contributed by atoms with Crippen LogP contribution in [0.25, 0.3) is 11.0 Å². The van der Waals surface area contributed by atoms with Crippen LogP contribution < -0.4 is 15.2 Å². The van der Waals surface area contributed by atoms with Crippen molar-refractivity contribution in [2.75, 3.05) is 9.80 Å². The van der Waals surface area contributed by atoms with Gasteiger partial charge in [0, 0.05) is 5.56 Å². The van der Waals surface area contributed by atoms with Crippen molar-refractivity contribution in [3.05, 3.63) is 116 Å². The first-order valence-electron chi connectivity index (χ1n) is 13.1. The second-order valence-electron chi connectivity index (χ2n) is 10.1. The van der Waals surface area contributed by atoms with Gasteiger partial charge in [0.1, 0.15) is 10.6 Å². The third-order valence-corrected chi connectivity index (χ3v) is 8.93. The molecule has 3 aromatic carbocycles. The van der Waals surface area contributed by atoms with Crippen molar-refractivity contribution in [2.45, 2.75) is 39.3 Å². The van der Waals surface area contributed by atoms with E-state index in [0.29, 0.717) is 33.6 Å². The molecule has 4 heterocycles. The largest absolute Gasteiger partial charge is 0.450 e. The highest BCUT2D eigenvalue weighted by atomic mass is 32.1. The number of anilines is 2. The number of para-hydroxylation sites is 1. The Morgan fingerprint density at radius 1 is 0.925 bits per heavy atom. The van der Waals surface area contributed by atoms with Crippen molar-refractivity contribution in [3.63, 3.8) is 0 Å². The Labute approximate surface area is 233 Å². The summed E-state index contributed by atoms with van der Waals surface area (Å²) in [6.07, 6.45) is 0.615. The maximum absolute atomic E-state index is 14.9. The van der Waals surface area contributed by atoms with Crippen LogP contribution in [0.15, 0.2) is 75.9 Å². The fourth-order valence-electron chi connectivity index (χ4n) is 5.82. The van der Waals surface area contributed by atoms with Gasteiger partial charge in [-0.1, -0.05) is 66.8 Å². The first-order valence-corrected chi connectivity index (χ1v) is 13.9. The molecule has 0 radical (unpaired) electrons. The van der Waals surface area contributed by atoms with Gasteiger partial charge in [0.05, 0.1) is 23.2 Å². The van der Waals surface area contributed by atoms with E-state index in [1.54, 1.807) is 23.1 Å². The van der Waals surface area contributed by atoms with Crippen LogP contribution in [-0.4, -0.2) is 22.0 Å². The molecule has 0 fully saturated rings. The number of amides is 2. The van der Waals surface area contributed by atoms with Crippen molar-refractivity contribution < 1.29 is 14.0 Å². The highest BCUT2D eigenvalue weighted by Crippen LogP contribution is 2.54. The molecule has 2 amide bonds. The van der Waals surface area contributed by atoms with Crippen molar-refractivity contribution in [1.82, 2.24) is 10.2 Å². The summed E-state index contributed by atoms with van der Waals surface area (Å²) >= 11 is 1.23. The van der Waals surface area contributed by atoms with E-state index in [0.717, 1.165) is 16.7 Å². The molecule has 0 bridgehead atoms. The molecule has 2 aliphatic heterocycles. The number of benzene rings is 3. The molecule has 0 N–H and O–H groups in total. The zero-order valence-corrected chi connectivity index (χ0v) is 22.9. The summed E-state index contributed by atoms with van der Waals surface area (Å²) in [5, 5.41) is 9.85. The number of nitrogens with zero attached hydrogens (tertiary/aromatic N) is 4. The lowest BCUT2D eigenvalue weighted by atomic mass is 9.84. The second kappa shape index (κ2) is 8.69. The Morgan fingerprint density at radius 2 is 1.65 bits per heavy atom. The number of fused-ring (bicyclic) bond motifs is 5. The van der Waals surface area contributed by atoms with Gasteiger partial charge < -0.3 is 9.32 Å². The minimum absolute atomic E-state index is 0.0227. The number of aromatic nitrogens is 2. The lowest BCUT2D eigenvalue weighted by Gasteiger charge is -2.32. The van der Waals surface area contributed by atoms with E-state index in [2.05, 4.69) is 10.2 Å². The third kappa shape index (κ3) is 3.15. The molecule has 0 aliphatic carbocycles. The van der Waals surface area contributed by atoms with Gasteiger partial charge in [-0.15, -0.1) is 10.2 Å². The SMILES string of the molecule is CCc1nnc(N2C(=O)c3oc4cc(C)c(C)cc4c(=O)c3C23C(=O)N(Cc2ccccc2)c2ccccc23)s1. The molecule has 0 saturated heterocycles. The molecule has 1 atom stereocenters. The summed E-state index contributed by atoms with van der Waals surface area (Å²) < 4.78 is 6.22. The van der Waals surface area contributed by atoms with Crippen molar-refractivity contribution in [2.24, 2.45) is 0 Å². The molecule has 1 unspecified atom stereocenters. The van der Waals surface area contributed by atoms with E-state index in [-0.39, 0.29) is 23.0 Å². The van der Waals surface area contributed by atoms with Gasteiger partial charge in [-0.25, -0.2) is 0 Å². The predicted molar refractivity (Wildman–Crippen MR) is 153 cm³/mol. The van der Waals surface area contributed by atoms with Gasteiger partial charge in [0.15, 0.2) is 11.0 Å². The maximum atomic E-state index is 14.9. The zero-order valence-electron chi connectivity index (χ0n) is 22.1. The third-order valence-electron chi connectivity index (χ3n) is 7.87. The number of hydrogen-bond donors (Lipinski definition) is 0. The monoisotopic (exact) mass is 548 g/mol.